The van der Waals surface area contributed by atoms with Gasteiger partial charge in [-0.25, -0.2) is 24.9 Å². The van der Waals surface area contributed by atoms with Gasteiger partial charge in [0.2, 0.25) is 0 Å². The van der Waals surface area contributed by atoms with Crippen LogP contribution in [0.25, 0.3) is 90.3 Å². The van der Waals surface area contributed by atoms with E-state index < -0.39 is 5.41 Å². The lowest BCUT2D eigenvalue weighted by molar-refractivity contribution is 0.754. The van der Waals surface area contributed by atoms with E-state index in [0.29, 0.717) is 23.3 Å². The summed E-state index contributed by atoms with van der Waals surface area (Å²) >= 11 is 0. The van der Waals surface area contributed by atoms with Gasteiger partial charge in [-0.2, -0.15) is 0 Å². The first-order valence-electron chi connectivity index (χ1n) is 27.8. The molecule has 378 valence electrons. The molecule has 5 heteroatoms. The predicted octanol–water partition coefficient (Wildman–Crippen LogP) is 17.7. The van der Waals surface area contributed by atoms with Crippen molar-refractivity contribution in [1.29, 1.82) is 0 Å². The third-order valence-corrected chi connectivity index (χ3v) is 17.0. The molecule has 0 amide bonds. The lowest BCUT2D eigenvalue weighted by Crippen LogP contribution is -2.28. The van der Waals surface area contributed by atoms with Crippen LogP contribution in [0.1, 0.15) is 67.5 Å². The Balaban J connectivity index is 0.825. The summed E-state index contributed by atoms with van der Waals surface area (Å²) in [7, 11) is 0. The fourth-order valence-electron chi connectivity index (χ4n) is 13.5. The molecule has 4 aliphatic rings. The molecule has 4 aliphatic carbocycles. The maximum Gasteiger partial charge on any atom is 0.164 e. The van der Waals surface area contributed by atoms with Crippen molar-refractivity contribution in [2.45, 2.75) is 17.3 Å². The highest BCUT2D eigenvalue weighted by atomic mass is 15.0. The van der Waals surface area contributed by atoms with Gasteiger partial charge in [0.15, 0.2) is 23.3 Å². The van der Waals surface area contributed by atoms with Gasteiger partial charge in [0, 0.05) is 45.2 Å². The molecule has 2 unspecified atom stereocenters. The molecule has 5 nitrogen and oxygen atoms in total. The summed E-state index contributed by atoms with van der Waals surface area (Å²) < 4.78 is 0. The number of nitrogens with zero attached hydrogens (tertiary/aromatic N) is 5. The average Bonchev–Trinajstić information content (AvgIpc) is 3.67. The molecular weight excluding hydrogens is 983 g/mol. The number of hydrogen-bond donors (Lipinski definition) is 0. The van der Waals surface area contributed by atoms with Gasteiger partial charge < -0.3 is 0 Å². The van der Waals surface area contributed by atoms with Crippen molar-refractivity contribution in [3.8, 4) is 90.3 Å². The van der Waals surface area contributed by atoms with Crippen molar-refractivity contribution >= 4 is 0 Å². The van der Waals surface area contributed by atoms with E-state index in [0.717, 1.165) is 55.9 Å². The Morgan fingerprint density at radius 3 is 1.19 bits per heavy atom. The first kappa shape index (κ1) is 46.6. The predicted molar refractivity (Wildman–Crippen MR) is 326 cm³/mol. The van der Waals surface area contributed by atoms with Gasteiger partial charge in [-0.05, 0) is 102 Å². The van der Waals surface area contributed by atoms with E-state index in [9.17, 15) is 0 Å². The molecule has 0 spiro atoms. The summed E-state index contributed by atoms with van der Waals surface area (Å²) in [6.07, 6.45) is 0. The molecule has 0 saturated carbocycles. The van der Waals surface area contributed by atoms with Gasteiger partial charge in [-0.3, -0.25) is 0 Å². The van der Waals surface area contributed by atoms with E-state index in [2.05, 4.69) is 243 Å². The number of aromatic nitrogens is 5. The Labute approximate surface area is 470 Å². The molecule has 17 rings (SSSR count). The zero-order valence-corrected chi connectivity index (χ0v) is 44.0. The Kier molecular flexibility index (Phi) is 10.9. The number of fused-ring (bicyclic) bond motifs is 3. The highest BCUT2D eigenvalue weighted by Gasteiger charge is 2.46. The number of benzene rings is 11. The maximum absolute atomic E-state index is 5.45. The second-order valence-electron chi connectivity index (χ2n) is 21.4. The molecule has 0 aliphatic heterocycles. The van der Waals surface area contributed by atoms with Crippen molar-refractivity contribution < 1.29 is 0 Å². The Morgan fingerprint density at radius 2 is 0.617 bits per heavy atom. The van der Waals surface area contributed by atoms with E-state index in [-0.39, 0.29) is 11.8 Å². The van der Waals surface area contributed by atoms with Crippen molar-refractivity contribution in [1.82, 2.24) is 24.9 Å². The van der Waals surface area contributed by atoms with Gasteiger partial charge >= 0.3 is 0 Å². The molecule has 0 fully saturated rings. The molecule has 13 aromatic rings. The van der Waals surface area contributed by atoms with Crippen LogP contribution in [0.15, 0.2) is 285 Å². The Morgan fingerprint density at radius 1 is 0.222 bits per heavy atom. The molecule has 2 bridgehead atoms. The standard InChI is InChI=1S/C76H49N5/c1-6-22-48(23-7-1)72-77-68(47-69(78-72)59-34-17-16-32-56(59)51-38-41-58-57-33-20-21-37-66(57)76(67(58)46-51,54-28-12-4-13-29-54)55-30-14-5-15-31-55)52-39-42-62-64(44-52)70-60-35-18-19-36-61(60)71(62)65-45-53(40-43-63(65)70)75-80-73(49-24-8-2-9-25-49)79-74(81-75)50-26-10-3-11-27-50/h1-47,70-71H. The van der Waals surface area contributed by atoms with Crippen LogP contribution in [-0.4, -0.2) is 24.9 Å². The van der Waals surface area contributed by atoms with Gasteiger partial charge in [-0.15, -0.1) is 0 Å². The van der Waals surface area contributed by atoms with E-state index in [4.69, 9.17) is 24.9 Å². The lowest BCUT2D eigenvalue weighted by atomic mass is 9.60. The minimum absolute atomic E-state index is 0.0174. The zero-order valence-electron chi connectivity index (χ0n) is 44.0. The summed E-state index contributed by atoms with van der Waals surface area (Å²) in [5, 5.41) is 0. The third-order valence-electron chi connectivity index (χ3n) is 17.0. The van der Waals surface area contributed by atoms with Crippen molar-refractivity contribution in [3.05, 3.63) is 341 Å². The maximum atomic E-state index is 5.45. The second-order valence-corrected chi connectivity index (χ2v) is 21.4. The highest BCUT2D eigenvalue weighted by Crippen LogP contribution is 2.59. The molecule has 81 heavy (non-hydrogen) atoms. The minimum Gasteiger partial charge on any atom is -0.228 e. The van der Waals surface area contributed by atoms with E-state index in [1.54, 1.807) is 0 Å². The van der Waals surface area contributed by atoms with Crippen LogP contribution in [0.3, 0.4) is 0 Å². The molecular formula is C76H49N5. The zero-order chi connectivity index (χ0) is 53.4. The molecule has 0 radical (unpaired) electrons. The highest BCUT2D eigenvalue weighted by molar-refractivity contribution is 5.91. The van der Waals surface area contributed by atoms with Gasteiger partial charge in [0.1, 0.15) is 0 Å². The van der Waals surface area contributed by atoms with E-state index >= 15 is 0 Å². The van der Waals surface area contributed by atoms with Crippen LogP contribution < -0.4 is 0 Å². The molecule has 11 aromatic carbocycles. The van der Waals surface area contributed by atoms with E-state index in [1.165, 1.54) is 66.8 Å². The fourth-order valence-corrected chi connectivity index (χ4v) is 13.5. The number of hydrogen-bond acceptors (Lipinski definition) is 5. The monoisotopic (exact) mass is 1030 g/mol. The Bertz CT molecular complexity index is 4480. The van der Waals surface area contributed by atoms with Crippen LogP contribution in [0.5, 0.6) is 0 Å². The molecule has 2 aromatic heterocycles. The summed E-state index contributed by atoms with van der Waals surface area (Å²) in [6, 6.07) is 103. The van der Waals surface area contributed by atoms with E-state index in [1.807, 2.05) is 42.5 Å². The first-order chi connectivity index (χ1) is 40.2. The third kappa shape index (κ3) is 7.50. The SMILES string of the molecule is c1ccc(-c2nc(-c3ccc4c(c3)C3c5ccccc5C4c4cc(-c5nc(-c6ccccc6)nc(-c6ccccc6)n5)ccc43)cc(-c3ccccc3-c3ccc4c(c3)C(c3ccccc3)(c3ccccc3)c3ccccc3-4)n2)cc1. The molecule has 2 heterocycles. The Hall–Kier alpha value is -10.5. The summed E-state index contributed by atoms with van der Waals surface area (Å²) in [6.45, 7) is 0. The van der Waals surface area contributed by atoms with Crippen LogP contribution in [-0.2, 0) is 5.41 Å². The van der Waals surface area contributed by atoms with Gasteiger partial charge in [0.05, 0.1) is 16.8 Å². The fraction of sp³-hybridized carbons (Fsp3) is 0.0395. The van der Waals surface area contributed by atoms with Crippen LogP contribution in [0.2, 0.25) is 0 Å². The normalized spacial score (nSPS) is 14.8. The lowest BCUT2D eigenvalue weighted by Gasteiger charge is -2.42. The largest absolute Gasteiger partial charge is 0.228 e. The minimum atomic E-state index is -0.523. The van der Waals surface area contributed by atoms with Crippen LogP contribution in [0, 0.1) is 0 Å². The number of rotatable bonds is 9. The second kappa shape index (κ2) is 18.9. The van der Waals surface area contributed by atoms with Crippen molar-refractivity contribution in [3.63, 3.8) is 0 Å². The summed E-state index contributed by atoms with van der Waals surface area (Å²) in [5.74, 6) is 2.67. The quantitative estimate of drug-likeness (QED) is 0.144. The smallest absolute Gasteiger partial charge is 0.164 e. The average molecular weight is 1030 g/mol. The van der Waals surface area contributed by atoms with Gasteiger partial charge in [-0.1, -0.05) is 261 Å². The molecule has 2 atom stereocenters. The van der Waals surface area contributed by atoms with Crippen molar-refractivity contribution in [2.24, 2.45) is 0 Å². The summed E-state index contributed by atoms with van der Waals surface area (Å²) in [5.41, 5.74) is 24.8. The molecule has 0 N–H and O–H groups in total. The topological polar surface area (TPSA) is 64.5 Å². The first-order valence-corrected chi connectivity index (χ1v) is 27.8. The van der Waals surface area contributed by atoms with Crippen LogP contribution in [0.4, 0.5) is 0 Å². The summed E-state index contributed by atoms with van der Waals surface area (Å²) in [4.78, 5) is 26.2. The van der Waals surface area contributed by atoms with Crippen molar-refractivity contribution in [2.75, 3.05) is 0 Å². The molecule has 0 saturated heterocycles. The van der Waals surface area contributed by atoms with Crippen LogP contribution >= 0.6 is 0 Å². The van der Waals surface area contributed by atoms with Gasteiger partial charge in [0.25, 0.3) is 0 Å².